The summed E-state index contributed by atoms with van der Waals surface area (Å²) in [4.78, 5) is 29.1. The van der Waals surface area contributed by atoms with Crippen LogP contribution in [-0.4, -0.2) is 38.9 Å². The van der Waals surface area contributed by atoms with Crippen molar-refractivity contribution in [2.24, 2.45) is 0 Å². The molecule has 0 saturated carbocycles. The lowest BCUT2D eigenvalue weighted by molar-refractivity contribution is -0.115. The second kappa shape index (κ2) is 4.76. The summed E-state index contributed by atoms with van der Waals surface area (Å²) in [6, 6.07) is 5.25. The van der Waals surface area contributed by atoms with Crippen LogP contribution < -0.4 is 5.32 Å². The van der Waals surface area contributed by atoms with Gasteiger partial charge in [-0.2, -0.15) is 5.10 Å². The number of H-pyrrole nitrogens is 1. The molecule has 2 amide bonds. The Kier molecular flexibility index (Phi) is 2.94. The maximum atomic E-state index is 12.3. The number of nitrogens with one attached hydrogen (secondary N) is 2. The van der Waals surface area contributed by atoms with E-state index in [2.05, 4.69) is 20.5 Å². The van der Waals surface area contributed by atoms with Crippen molar-refractivity contribution < 1.29 is 9.59 Å². The Morgan fingerprint density at radius 1 is 1.45 bits per heavy atom. The van der Waals surface area contributed by atoms with E-state index in [1.54, 1.807) is 24.1 Å². The van der Waals surface area contributed by atoms with Crippen LogP contribution in [-0.2, 0) is 17.8 Å². The summed E-state index contributed by atoms with van der Waals surface area (Å²) in [6.45, 7) is 0.349. The van der Waals surface area contributed by atoms with Crippen molar-refractivity contribution in [2.75, 3.05) is 12.4 Å². The van der Waals surface area contributed by atoms with Gasteiger partial charge in [-0.05, 0) is 17.7 Å². The number of aromatic nitrogens is 3. The molecule has 3 rings (SSSR count). The summed E-state index contributed by atoms with van der Waals surface area (Å²) in [6.07, 6.45) is 1.77. The average Bonchev–Trinajstić information content (AvgIpc) is 3.04. The van der Waals surface area contributed by atoms with Gasteiger partial charge in [-0.15, -0.1) is 0 Å². The van der Waals surface area contributed by atoms with Gasteiger partial charge in [0.05, 0.1) is 13.0 Å². The molecule has 7 nitrogen and oxygen atoms in total. The van der Waals surface area contributed by atoms with Crippen LogP contribution >= 0.6 is 0 Å². The molecule has 0 bridgehead atoms. The van der Waals surface area contributed by atoms with E-state index in [0.717, 1.165) is 5.56 Å². The molecule has 1 aromatic carbocycles. The third-order valence-corrected chi connectivity index (χ3v) is 3.18. The molecular weight excluding hydrogens is 258 g/mol. The zero-order valence-corrected chi connectivity index (χ0v) is 10.9. The van der Waals surface area contributed by atoms with Crippen LogP contribution in [0.4, 0.5) is 5.69 Å². The largest absolute Gasteiger partial charge is 0.334 e. The predicted octanol–water partition coefficient (Wildman–Crippen LogP) is 0.571. The van der Waals surface area contributed by atoms with Crippen LogP contribution in [0, 0.1) is 0 Å². The van der Waals surface area contributed by atoms with Crippen LogP contribution in [0.25, 0.3) is 0 Å². The molecule has 20 heavy (non-hydrogen) atoms. The van der Waals surface area contributed by atoms with Crippen molar-refractivity contribution in [3.63, 3.8) is 0 Å². The second-order valence-electron chi connectivity index (χ2n) is 4.69. The molecule has 0 aliphatic carbocycles. The monoisotopic (exact) mass is 271 g/mol. The van der Waals surface area contributed by atoms with Gasteiger partial charge in [-0.1, -0.05) is 6.07 Å². The number of carbonyl (C=O) groups excluding carboxylic acids is 2. The van der Waals surface area contributed by atoms with Crippen molar-refractivity contribution in [1.29, 1.82) is 0 Å². The number of nitrogens with zero attached hydrogens (tertiary/aromatic N) is 3. The predicted molar refractivity (Wildman–Crippen MR) is 71.0 cm³/mol. The van der Waals surface area contributed by atoms with E-state index in [1.807, 2.05) is 6.07 Å². The number of aromatic amines is 1. The summed E-state index contributed by atoms with van der Waals surface area (Å²) < 4.78 is 0. The van der Waals surface area contributed by atoms with Crippen LogP contribution in [0.3, 0.4) is 0 Å². The molecule has 2 heterocycles. The summed E-state index contributed by atoms with van der Waals surface area (Å²) >= 11 is 0. The number of fused-ring (bicyclic) bond motifs is 1. The number of anilines is 1. The first-order valence-corrected chi connectivity index (χ1v) is 6.16. The normalized spacial score (nSPS) is 12.9. The maximum absolute atomic E-state index is 12.3. The highest BCUT2D eigenvalue weighted by Crippen LogP contribution is 2.24. The number of hydrogen-bond donors (Lipinski definition) is 2. The second-order valence-corrected chi connectivity index (χ2v) is 4.69. The standard InChI is InChI=1S/C13H13N5O2/c1-18(6-11-14-7-15-17-11)13(20)9-3-2-8-5-12(19)16-10(8)4-9/h2-4,7H,5-6H2,1H3,(H,16,19)(H,14,15,17). The summed E-state index contributed by atoms with van der Waals surface area (Å²) in [7, 11) is 1.69. The fourth-order valence-corrected chi connectivity index (χ4v) is 2.17. The molecule has 0 atom stereocenters. The van der Waals surface area contributed by atoms with Gasteiger partial charge in [0.1, 0.15) is 12.2 Å². The summed E-state index contributed by atoms with van der Waals surface area (Å²) in [5.74, 6) is 0.445. The number of carbonyl (C=O) groups is 2. The average molecular weight is 271 g/mol. The van der Waals surface area contributed by atoms with Crippen molar-refractivity contribution in [1.82, 2.24) is 20.1 Å². The van der Waals surface area contributed by atoms with E-state index < -0.39 is 0 Å². The van der Waals surface area contributed by atoms with Crippen LogP contribution in [0.1, 0.15) is 21.7 Å². The highest BCUT2D eigenvalue weighted by atomic mass is 16.2. The van der Waals surface area contributed by atoms with Crippen LogP contribution in [0.5, 0.6) is 0 Å². The van der Waals surface area contributed by atoms with Crippen LogP contribution in [0.15, 0.2) is 24.5 Å². The fourth-order valence-electron chi connectivity index (χ4n) is 2.17. The van der Waals surface area contributed by atoms with E-state index in [-0.39, 0.29) is 11.8 Å². The first kappa shape index (κ1) is 12.3. The molecule has 0 spiro atoms. The number of hydrogen-bond acceptors (Lipinski definition) is 4. The van der Waals surface area contributed by atoms with Crippen molar-refractivity contribution in [3.05, 3.63) is 41.5 Å². The molecular formula is C13H13N5O2. The van der Waals surface area contributed by atoms with Gasteiger partial charge >= 0.3 is 0 Å². The van der Waals surface area contributed by atoms with Crippen LogP contribution in [0.2, 0.25) is 0 Å². The van der Waals surface area contributed by atoms with E-state index in [4.69, 9.17) is 0 Å². The number of benzene rings is 1. The minimum atomic E-state index is -0.134. The topological polar surface area (TPSA) is 91.0 Å². The zero-order valence-electron chi connectivity index (χ0n) is 10.9. The third-order valence-electron chi connectivity index (χ3n) is 3.18. The fraction of sp³-hybridized carbons (Fsp3) is 0.231. The minimum Gasteiger partial charge on any atom is -0.334 e. The quantitative estimate of drug-likeness (QED) is 0.854. The Bertz CT molecular complexity index is 665. The zero-order chi connectivity index (χ0) is 14.1. The van der Waals surface area contributed by atoms with Crippen molar-refractivity contribution in [3.8, 4) is 0 Å². The first-order chi connectivity index (χ1) is 9.63. The summed E-state index contributed by atoms with van der Waals surface area (Å²) in [5.41, 5.74) is 2.17. The molecule has 2 aromatic rings. The van der Waals surface area contributed by atoms with E-state index in [1.165, 1.54) is 6.33 Å². The Morgan fingerprint density at radius 3 is 3.05 bits per heavy atom. The molecule has 1 aliphatic rings. The Morgan fingerprint density at radius 2 is 2.30 bits per heavy atom. The lowest BCUT2D eigenvalue weighted by atomic mass is 10.1. The highest BCUT2D eigenvalue weighted by molar-refractivity contribution is 6.02. The van der Waals surface area contributed by atoms with E-state index in [9.17, 15) is 9.59 Å². The van der Waals surface area contributed by atoms with Crippen molar-refractivity contribution in [2.45, 2.75) is 13.0 Å². The SMILES string of the molecule is CN(Cc1ncn[nH]1)C(=O)c1ccc2c(c1)NC(=O)C2. The minimum absolute atomic E-state index is 0.0420. The van der Waals surface area contributed by atoms with Gasteiger partial charge < -0.3 is 10.2 Å². The first-order valence-electron chi connectivity index (χ1n) is 6.16. The smallest absolute Gasteiger partial charge is 0.254 e. The lowest BCUT2D eigenvalue weighted by Gasteiger charge is -2.16. The van der Waals surface area contributed by atoms with Crippen molar-refractivity contribution >= 4 is 17.5 Å². The Hall–Kier alpha value is -2.70. The number of amides is 2. The van der Waals surface area contributed by atoms with Gasteiger partial charge in [0.2, 0.25) is 5.91 Å². The highest BCUT2D eigenvalue weighted by Gasteiger charge is 2.20. The molecule has 0 fully saturated rings. The molecule has 7 heteroatoms. The third kappa shape index (κ3) is 2.25. The van der Waals surface area contributed by atoms with E-state index in [0.29, 0.717) is 30.0 Å². The van der Waals surface area contributed by atoms with Gasteiger partial charge in [-0.3, -0.25) is 14.7 Å². The molecule has 0 unspecified atom stereocenters. The van der Waals surface area contributed by atoms with E-state index >= 15 is 0 Å². The number of rotatable bonds is 3. The van der Waals surface area contributed by atoms with Gasteiger partial charge in [0, 0.05) is 18.3 Å². The van der Waals surface area contributed by atoms with Gasteiger partial charge in [0.25, 0.3) is 5.91 Å². The lowest BCUT2D eigenvalue weighted by Crippen LogP contribution is -2.26. The molecule has 1 aromatic heterocycles. The molecule has 0 radical (unpaired) electrons. The molecule has 0 saturated heterocycles. The van der Waals surface area contributed by atoms with Gasteiger partial charge in [-0.25, -0.2) is 4.98 Å². The Labute approximate surface area is 115 Å². The van der Waals surface area contributed by atoms with Gasteiger partial charge in [0.15, 0.2) is 0 Å². The molecule has 2 N–H and O–H groups in total. The molecule has 102 valence electrons. The Balaban J connectivity index is 1.77. The maximum Gasteiger partial charge on any atom is 0.254 e. The summed E-state index contributed by atoms with van der Waals surface area (Å²) in [5, 5.41) is 9.19. The molecule has 1 aliphatic heterocycles.